The van der Waals surface area contributed by atoms with Crippen LogP contribution in [0.3, 0.4) is 0 Å². The fraction of sp³-hybridized carbons (Fsp3) is 0.433. The van der Waals surface area contributed by atoms with Crippen molar-refractivity contribution in [2.24, 2.45) is 11.2 Å². The molecule has 6 nitrogen and oxygen atoms in total. The molecule has 0 aliphatic heterocycles. The van der Waals surface area contributed by atoms with Crippen LogP contribution in [0.4, 0.5) is 4.79 Å². The summed E-state index contributed by atoms with van der Waals surface area (Å²) in [6.45, 7) is 3.44. The molecule has 2 aliphatic rings. The van der Waals surface area contributed by atoms with Gasteiger partial charge in [-0.3, -0.25) is 0 Å². The highest BCUT2D eigenvalue weighted by atomic mass is 35.5. The molecule has 206 valence electrons. The molecule has 0 unspecified atom stereocenters. The Labute approximate surface area is 238 Å². The van der Waals surface area contributed by atoms with Gasteiger partial charge < -0.3 is 10.2 Å². The van der Waals surface area contributed by atoms with Gasteiger partial charge in [-0.25, -0.2) is 4.79 Å². The second kappa shape index (κ2) is 16.3. The number of nitrogens with zero attached hydrogens (tertiary/aromatic N) is 3. The number of urea groups is 1. The Morgan fingerprint density at radius 3 is 2.03 bits per heavy atom. The molecule has 0 aromatic heterocycles. The largest absolute Gasteiger partial charge is 0.340 e. The van der Waals surface area contributed by atoms with Gasteiger partial charge in [-0.1, -0.05) is 73.7 Å². The lowest BCUT2D eigenvalue weighted by Gasteiger charge is -2.27. The fourth-order valence-corrected chi connectivity index (χ4v) is 4.86. The minimum absolute atomic E-state index is 0. The highest BCUT2D eigenvalue weighted by Crippen LogP contribution is 2.33. The summed E-state index contributed by atoms with van der Waals surface area (Å²) in [6.07, 6.45) is 12.1. The van der Waals surface area contributed by atoms with Crippen LogP contribution in [0.1, 0.15) is 61.3 Å². The number of benzene rings is 2. The van der Waals surface area contributed by atoms with Crippen LogP contribution in [0, 0.1) is 10.8 Å². The number of nitrogens with one attached hydrogen (secondary N) is 1. The van der Waals surface area contributed by atoms with Gasteiger partial charge >= 0.3 is 6.03 Å². The molecule has 0 heterocycles. The summed E-state index contributed by atoms with van der Waals surface area (Å²) in [5.74, 6) is 0.942. The van der Waals surface area contributed by atoms with Crippen LogP contribution in [0.2, 0.25) is 0 Å². The van der Waals surface area contributed by atoms with Crippen molar-refractivity contribution in [3.63, 3.8) is 0 Å². The molecule has 0 saturated heterocycles. The van der Waals surface area contributed by atoms with Gasteiger partial charge in [0.25, 0.3) is 0 Å². The first-order valence-electron chi connectivity index (χ1n) is 13.1. The van der Waals surface area contributed by atoms with E-state index in [1.807, 2.05) is 0 Å². The summed E-state index contributed by atoms with van der Waals surface area (Å²) in [6, 6.07) is 17.0. The van der Waals surface area contributed by atoms with Gasteiger partial charge in [-0.15, -0.1) is 28.9 Å². The monoisotopic (exact) mass is 558 g/mol. The van der Waals surface area contributed by atoms with Gasteiger partial charge in [-0.2, -0.15) is 5.01 Å². The molecule has 4 rings (SSSR count). The first-order valence-corrected chi connectivity index (χ1v) is 13.7. The van der Waals surface area contributed by atoms with Crippen molar-refractivity contribution in [2.75, 3.05) is 33.1 Å². The predicted molar refractivity (Wildman–Crippen MR) is 162 cm³/mol. The second-order valence-electron chi connectivity index (χ2n) is 10.0. The third-order valence-corrected chi connectivity index (χ3v) is 7.01. The van der Waals surface area contributed by atoms with Gasteiger partial charge in [0, 0.05) is 18.5 Å². The average Bonchev–Trinajstić information content (AvgIpc) is 3.06. The molecule has 0 radical (unpaired) electrons. The Kier molecular flexibility index (Phi) is 13.6. The molecule has 38 heavy (non-hydrogen) atoms. The molecular formula is C30H40Cl2N4O2. The van der Waals surface area contributed by atoms with Crippen LogP contribution >= 0.6 is 24.0 Å². The highest BCUT2D eigenvalue weighted by molar-refractivity contribution is 6.18. The van der Waals surface area contributed by atoms with E-state index in [4.69, 9.17) is 11.6 Å². The minimum atomic E-state index is -0.435. The number of hydrogen-bond donors (Lipinski definition) is 1. The van der Waals surface area contributed by atoms with E-state index in [-0.39, 0.29) is 30.9 Å². The minimum Gasteiger partial charge on any atom is -0.334 e. The van der Waals surface area contributed by atoms with Crippen LogP contribution in [0.25, 0.3) is 17.7 Å². The molecule has 0 bridgehead atoms. The third-order valence-electron chi connectivity index (χ3n) is 6.84. The van der Waals surface area contributed by atoms with Crippen molar-refractivity contribution >= 4 is 47.8 Å². The van der Waals surface area contributed by atoms with Gasteiger partial charge in [0.1, 0.15) is 0 Å². The number of carbonyl (C=O) groups is 1. The molecule has 8 heteroatoms. The normalized spacial score (nSPS) is 17.6. The number of halogens is 2. The maximum absolute atomic E-state index is 11.6. The Morgan fingerprint density at radius 2 is 1.53 bits per heavy atom. The van der Waals surface area contributed by atoms with Crippen LogP contribution in [0.5, 0.6) is 0 Å². The lowest BCUT2D eigenvalue weighted by Crippen LogP contribution is -2.44. The lowest BCUT2D eigenvalue weighted by molar-refractivity contribution is 0.191. The molecule has 2 aromatic carbocycles. The maximum atomic E-state index is 11.6. The molecule has 1 fully saturated rings. The van der Waals surface area contributed by atoms with E-state index in [1.165, 1.54) is 27.8 Å². The topological polar surface area (TPSA) is 65.0 Å². The summed E-state index contributed by atoms with van der Waals surface area (Å²) in [5.41, 5.74) is 6.61. The summed E-state index contributed by atoms with van der Waals surface area (Å²) in [7, 11) is 4.24. The number of rotatable bonds is 7. The van der Waals surface area contributed by atoms with Crippen LogP contribution in [-0.2, 0) is 0 Å². The molecule has 2 aliphatic carbocycles. The summed E-state index contributed by atoms with van der Waals surface area (Å²) in [5, 5.41) is 6.29. The molecule has 0 spiro atoms. The third kappa shape index (κ3) is 9.26. The van der Waals surface area contributed by atoms with E-state index < -0.39 is 6.03 Å². The van der Waals surface area contributed by atoms with Crippen molar-refractivity contribution in [2.45, 2.75) is 45.1 Å². The lowest BCUT2D eigenvalue weighted by atomic mass is 9.87. The standard InChI is InChI=1S/C20H21N.C10H18ClN3O2.ClH/c1-21(2)15-7-12-20-18-10-5-3-8-16(18)13-14-17-9-4-6-11-19(17)20;1-8-2-4-9(5-3-8)12-10(15)14(13-16)7-6-11;/h3-6,8-14H,7,15H2,1-2H3;8-9H,2-7H2,1H3,(H,12,15);1H. The number of hydrogen-bond acceptors (Lipinski definition) is 4. The van der Waals surface area contributed by atoms with Crippen molar-refractivity contribution in [1.29, 1.82) is 0 Å². The van der Waals surface area contributed by atoms with E-state index in [1.54, 1.807) is 0 Å². The van der Waals surface area contributed by atoms with E-state index in [0.29, 0.717) is 0 Å². The van der Waals surface area contributed by atoms with Gasteiger partial charge in [0.05, 0.1) is 11.8 Å². The SMILES string of the molecule is CC1CCC(NC(=O)N(CCCl)N=O)CC1.CN(C)CCC=C1c2ccccc2C=Cc2ccccc21.Cl. The van der Waals surface area contributed by atoms with E-state index >= 15 is 0 Å². The van der Waals surface area contributed by atoms with Gasteiger partial charge in [0.2, 0.25) is 0 Å². The first kappa shape index (κ1) is 31.5. The average molecular weight is 560 g/mol. The Bertz CT molecular complexity index is 1040. The van der Waals surface area contributed by atoms with E-state index in [9.17, 15) is 9.70 Å². The Balaban J connectivity index is 0.000000270. The van der Waals surface area contributed by atoms with Crippen LogP contribution < -0.4 is 5.32 Å². The molecule has 0 atom stereocenters. The molecule has 1 saturated carbocycles. The van der Waals surface area contributed by atoms with Gasteiger partial charge in [-0.05, 0) is 79.9 Å². The number of fused-ring (bicyclic) bond motifs is 2. The van der Waals surface area contributed by atoms with Crippen LogP contribution in [-0.4, -0.2) is 55.0 Å². The van der Waals surface area contributed by atoms with Crippen molar-refractivity contribution in [3.8, 4) is 0 Å². The quantitative estimate of drug-likeness (QED) is 0.186. The van der Waals surface area contributed by atoms with Crippen molar-refractivity contribution in [3.05, 3.63) is 81.8 Å². The fourth-order valence-electron chi connectivity index (χ4n) is 4.70. The Hall–Kier alpha value is -2.67. The summed E-state index contributed by atoms with van der Waals surface area (Å²) >= 11 is 5.46. The highest BCUT2D eigenvalue weighted by Gasteiger charge is 2.22. The Morgan fingerprint density at radius 1 is 0.974 bits per heavy atom. The number of alkyl halides is 1. The van der Waals surface area contributed by atoms with Crippen molar-refractivity contribution < 1.29 is 4.79 Å². The number of carbonyl (C=O) groups excluding carboxylic acids is 1. The number of amides is 2. The van der Waals surface area contributed by atoms with Crippen molar-refractivity contribution in [1.82, 2.24) is 15.2 Å². The van der Waals surface area contributed by atoms with E-state index in [2.05, 4.69) is 103 Å². The predicted octanol–water partition coefficient (Wildman–Crippen LogP) is 7.47. The van der Waals surface area contributed by atoms with Gasteiger partial charge in [0.15, 0.2) is 0 Å². The number of nitroso groups, excluding NO2 is 1. The first-order chi connectivity index (χ1) is 17.9. The second-order valence-corrected chi connectivity index (χ2v) is 10.4. The van der Waals surface area contributed by atoms with E-state index in [0.717, 1.165) is 49.6 Å². The molecular weight excluding hydrogens is 519 g/mol. The van der Waals surface area contributed by atoms with Crippen LogP contribution in [0.15, 0.2) is 59.9 Å². The maximum Gasteiger partial charge on any atom is 0.340 e. The molecule has 2 amide bonds. The summed E-state index contributed by atoms with van der Waals surface area (Å²) in [4.78, 5) is 24.2. The zero-order valence-electron chi connectivity index (χ0n) is 22.6. The summed E-state index contributed by atoms with van der Waals surface area (Å²) < 4.78 is 0. The zero-order valence-corrected chi connectivity index (χ0v) is 24.2. The molecule has 2 aromatic rings. The molecule has 1 N–H and O–H groups in total. The zero-order chi connectivity index (χ0) is 26.6. The smallest absolute Gasteiger partial charge is 0.334 e.